The molecule has 80 valence electrons. The second-order valence-electron chi connectivity index (χ2n) is 4.12. The molecule has 5 heteroatoms. The summed E-state index contributed by atoms with van der Waals surface area (Å²) in [6.45, 7) is 6.45. The maximum atomic E-state index is 11.0. The molecule has 4 nitrogen and oxygen atoms in total. The van der Waals surface area contributed by atoms with Crippen LogP contribution in [0.4, 0.5) is 0 Å². The van der Waals surface area contributed by atoms with Gasteiger partial charge in [0.05, 0.1) is 0 Å². The molecule has 0 amide bonds. The van der Waals surface area contributed by atoms with E-state index in [0.29, 0.717) is 0 Å². The van der Waals surface area contributed by atoms with Gasteiger partial charge in [-0.1, -0.05) is 27.7 Å². The van der Waals surface area contributed by atoms with Crippen LogP contribution in [0.15, 0.2) is 0 Å². The van der Waals surface area contributed by atoms with E-state index in [1.165, 1.54) is 0 Å². The minimum absolute atomic E-state index is 0. The Balaban J connectivity index is -0.000000240. The van der Waals surface area contributed by atoms with E-state index in [0.717, 1.165) is 0 Å². The largest absolute Gasteiger partial charge is 2.00 e. The maximum Gasteiger partial charge on any atom is 2.00 e. The van der Waals surface area contributed by atoms with Crippen LogP contribution < -0.4 is 0 Å². The Morgan fingerprint density at radius 1 is 1.14 bits per heavy atom. The van der Waals surface area contributed by atoms with Crippen molar-refractivity contribution >= 4 is 49.7 Å². The SMILES string of the molecule is CCC(C(=O)O)(C(=O)O)C(C)(C)C.[Ca+2].[H-].[H-]. The molecule has 0 rings (SSSR count). The van der Waals surface area contributed by atoms with E-state index in [2.05, 4.69) is 0 Å². The van der Waals surface area contributed by atoms with Gasteiger partial charge in [0, 0.05) is 0 Å². The fourth-order valence-corrected chi connectivity index (χ4v) is 1.57. The van der Waals surface area contributed by atoms with Crippen LogP contribution in [0, 0.1) is 10.8 Å². The molecule has 0 aliphatic carbocycles. The summed E-state index contributed by atoms with van der Waals surface area (Å²) < 4.78 is 0. The van der Waals surface area contributed by atoms with E-state index >= 15 is 0 Å². The smallest absolute Gasteiger partial charge is 1.00 e. The standard InChI is InChI=1S/C9H16O4.Ca.2H/c1-5-9(6(10)11,7(12)13)8(2,3)4;;;/h5H2,1-4H3,(H,10,11)(H,12,13);;;/q;+2;2*-1. The summed E-state index contributed by atoms with van der Waals surface area (Å²) >= 11 is 0. The Morgan fingerprint density at radius 3 is 1.43 bits per heavy atom. The summed E-state index contributed by atoms with van der Waals surface area (Å²) in [7, 11) is 0. The Kier molecular flexibility index (Phi) is 6.33. The molecule has 0 spiro atoms. The zero-order valence-electron chi connectivity index (χ0n) is 11.1. The summed E-state index contributed by atoms with van der Waals surface area (Å²) in [6, 6.07) is 0. The summed E-state index contributed by atoms with van der Waals surface area (Å²) in [5, 5.41) is 17.9. The average molecular weight is 230 g/mol. The first kappa shape index (κ1) is 16.6. The Bertz CT molecular complexity index is 224. The average Bonchev–Trinajstić information content (AvgIpc) is 1.83. The zero-order chi connectivity index (χ0) is 10.9. The fourth-order valence-electron chi connectivity index (χ4n) is 1.57. The van der Waals surface area contributed by atoms with Crippen molar-refractivity contribution < 1.29 is 22.7 Å². The first-order valence-electron chi connectivity index (χ1n) is 4.17. The van der Waals surface area contributed by atoms with E-state index < -0.39 is 22.8 Å². The quantitative estimate of drug-likeness (QED) is 0.568. The predicted molar refractivity (Wildman–Crippen MR) is 55.4 cm³/mol. The van der Waals surface area contributed by atoms with Crippen LogP contribution >= 0.6 is 0 Å². The van der Waals surface area contributed by atoms with E-state index in [9.17, 15) is 9.59 Å². The zero-order valence-corrected chi connectivity index (χ0v) is 11.3. The minimum atomic E-state index is -1.69. The van der Waals surface area contributed by atoms with Crippen molar-refractivity contribution in [2.24, 2.45) is 10.8 Å². The summed E-state index contributed by atoms with van der Waals surface area (Å²) in [4.78, 5) is 21.9. The van der Waals surface area contributed by atoms with Crippen molar-refractivity contribution in [3.63, 3.8) is 0 Å². The van der Waals surface area contributed by atoms with E-state index in [1.807, 2.05) is 0 Å². The summed E-state index contributed by atoms with van der Waals surface area (Å²) in [6.07, 6.45) is 0.0845. The number of hydrogen-bond donors (Lipinski definition) is 2. The molecule has 2 N–H and O–H groups in total. The Labute approximate surface area is 117 Å². The van der Waals surface area contributed by atoms with Crippen LogP contribution in [0.25, 0.3) is 0 Å². The van der Waals surface area contributed by atoms with Gasteiger partial charge in [-0.15, -0.1) is 0 Å². The van der Waals surface area contributed by atoms with Gasteiger partial charge in [0.1, 0.15) is 0 Å². The molecule has 0 bridgehead atoms. The molecule has 0 unspecified atom stereocenters. The number of hydrogen-bond acceptors (Lipinski definition) is 2. The van der Waals surface area contributed by atoms with Gasteiger partial charge in [0.15, 0.2) is 5.41 Å². The first-order chi connectivity index (χ1) is 5.70. The van der Waals surface area contributed by atoms with Gasteiger partial charge in [-0.05, 0) is 11.8 Å². The van der Waals surface area contributed by atoms with Crippen LogP contribution in [-0.2, 0) is 9.59 Å². The molecule has 0 aromatic heterocycles. The Morgan fingerprint density at radius 2 is 1.43 bits per heavy atom. The molecule has 0 aliphatic rings. The van der Waals surface area contributed by atoms with Crippen LogP contribution in [0.5, 0.6) is 0 Å². The number of carbonyl (C=O) groups is 2. The molecule has 14 heavy (non-hydrogen) atoms. The molecule has 0 saturated heterocycles. The van der Waals surface area contributed by atoms with Gasteiger partial charge in [-0.25, -0.2) is 0 Å². The minimum Gasteiger partial charge on any atom is -1.00 e. The molecule has 0 saturated carbocycles. The number of carboxylic acids is 2. The first-order valence-corrected chi connectivity index (χ1v) is 4.17. The van der Waals surface area contributed by atoms with Crippen LogP contribution in [0.2, 0.25) is 0 Å². The normalized spacial score (nSPS) is 11.7. The monoisotopic (exact) mass is 230 g/mol. The number of rotatable bonds is 3. The van der Waals surface area contributed by atoms with Crippen molar-refractivity contribution in [1.29, 1.82) is 0 Å². The van der Waals surface area contributed by atoms with Crippen LogP contribution in [0.1, 0.15) is 37.0 Å². The summed E-state index contributed by atoms with van der Waals surface area (Å²) in [5.41, 5.74) is -2.48. The fraction of sp³-hybridized carbons (Fsp3) is 0.778. The van der Waals surface area contributed by atoms with Crippen molar-refractivity contribution in [2.45, 2.75) is 34.1 Å². The third kappa shape index (κ3) is 2.61. The number of carboxylic acid groups (broad SMARTS) is 2. The van der Waals surface area contributed by atoms with Gasteiger partial charge < -0.3 is 13.1 Å². The van der Waals surface area contributed by atoms with E-state index in [-0.39, 0.29) is 47.0 Å². The van der Waals surface area contributed by atoms with Crippen molar-refractivity contribution in [3.8, 4) is 0 Å². The van der Waals surface area contributed by atoms with Gasteiger partial charge in [-0.3, -0.25) is 9.59 Å². The van der Waals surface area contributed by atoms with Crippen LogP contribution in [0.3, 0.4) is 0 Å². The molecular weight excluding hydrogens is 212 g/mol. The second-order valence-corrected chi connectivity index (χ2v) is 4.12. The molecule has 0 fully saturated rings. The molecule has 0 aromatic rings. The Hall–Kier alpha value is 0.200. The second kappa shape index (κ2) is 5.33. The molecule has 0 radical (unpaired) electrons. The molecular formula is C9H18CaO4. The van der Waals surface area contributed by atoms with E-state index in [4.69, 9.17) is 10.2 Å². The maximum absolute atomic E-state index is 11.0. The summed E-state index contributed by atoms with van der Waals surface area (Å²) in [5.74, 6) is -2.54. The molecule has 0 aliphatic heterocycles. The molecule has 0 aromatic carbocycles. The topological polar surface area (TPSA) is 74.6 Å². The molecule has 0 heterocycles. The third-order valence-electron chi connectivity index (χ3n) is 2.54. The van der Waals surface area contributed by atoms with Gasteiger partial charge in [-0.2, -0.15) is 0 Å². The van der Waals surface area contributed by atoms with Crippen molar-refractivity contribution in [3.05, 3.63) is 0 Å². The van der Waals surface area contributed by atoms with Gasteiger partial charge in [0.25, 0.3) is 0 Å². The van der Waals surface area contributed by atoms with Crippen molar-refractivity contribution in [1.82, 2.24) is 0 Å². The molecule has 0 atom stereocenters. The van der Waals surface area contributed by atoms with Gasteiger partial charge in [0.2, 0.25) is 0 Å². The van der Waals surface area contributed by atoms with E-state index in [1.54, 1.807) is 27.7 Å². The van der Waals surface area contributed by atoms with Gasteiger partial charge >= 0.3 is 49.7 Å². The third-order valence-corrected chi connectivity index (χ3v) is 2.54. The van der Waals surface area contributed by atoms with Crippen LogP contribution in [-0.4, -0.2) is 59.9 Å². The number of aliphatic carboxylic acids is 2. The van der Waals surface area contributed by atoms with Crippen molar-refractivity contribution in [2.75, 3.05) is 0 Å². The predicted octanol–water partition coefficient (Wildman–Crippen LogP) is 1.44.